The van der Waals surface area contributed by atoms with Crippen molar-refractivity contribution in [2.45, 2.75) is 25.8 Å². The van der Waals surface area contributed by atoms with Crippen LogP contribution in [-0.2, 0) is 4.79 Å². The fourth-order valence-corrected chi connectivity index (χ4v) is 3.62. The number of nitrogens with zero attached hydrogens (tertiary/aromatic N) is 4. The van der Waals surface area contributed by atoms with E-state index in [2.05, 4.69) is 10.4 Å². The zero-order chi connectivity index (χ0) is 22.3. The van der Waals surface area contributed by atoms with Crippen molar-refractivity contribution in [1.82, 2.24) is 20.1 Å². The van der Waals surface area contributed by atoms with Gasteiger partial charge in [-0.15, -0.1) is 5.01 Å². The quantitative estimate of drug-likeness (QED) is 0.379. The number of rotatable bonds is 5. The summed E-state index contributed by atoms with van der Waals surface area (Å²) in [5.41, 5.74) is 1.81. The number of para-hydroxylation sites is 2. The third-order valence-corrected chi connectivity index (χ3v) is 5.68. The highest BCUT2D eigenvalue weighted by Gasteiger charge is 2.46. The summed E-state index contributed by atoms with van der Waals surface area (Å²) in [5.74, 6) is 0.180. The number of furan rings is 1. The third kappa shape index (κ3) is 3.26. The van der Waals surface area contributed by atoms with Gasteiger partial charge in [0.05, 0.1) is 11.9 Å². The standard InChI is InChI=1S/C24H21N5O3/c1-3-24(2)22(30)29(23(31)26-24)25-14-17-15-28(18-10-5-4-6-11-18)27-21(17)20-13-16-9-7-8-12-19(16)32-20/h4-15H,3H2,1-2H3,(H,26,31)/b25-14-/t24-/m0/s1. The molecule has 0 spiro atoms. The first-order valence-corrected chi connectivity index (χ1v) is 10.3. The predicted octanol–water partition coefficient (Wildman–Crippen LogP) is 4.34. The van der Waals surface area contributed by atoms with Gasteiger partial charge in [0.15, 0.2) is 5.76 Å². The van der Waals surface area contributed by atoms with Crippen molar-refractivity contribution in [1.29, 1.82) is 0 Å². The van der Waals surface area contributed by atoms with Crippen molar-refractivity contribution >= 4 is 29.1 Å². The first kappa shape index (κ1) is 19.7. The fourth-order valence-electron chi connectivity index (χ4n) is 3.62. The molecule has 8 nitrogen and oxygen atoms in total. The highest BCUT2D eigenvalue weighted by Crippen LogP contribution is 2.29. The van der Waals surface area contributed by atoms with Gasteiger partial charge in [-0.3, -0.25) is 4.79 Å². The molecule has 0 radical (unpaired) electrons. The number of hydrogen-bond acceptors (Lipinski definition) is 5. The van der Waals surface area contributed by atoms with Gasteiger partial charge in [-0.25, -0.2) is 9.48 Å². The second-order valence-corrected chi connectivity index (χ2v) is 7.84. The molecule has 3 heterocycles. The van der Waals surface area contributed by atoms with E-state index >= 15 is 0 Å². The largest absolute Gasteiger partial charge is 0.454 e. The number of imide groups is 1. The molecule has 1 N–H and O–H groups in total. The van der Waals surface area contributed by atoms with Crippen LogP contribution in [0.1, 0.15) is 25.8 Å². The molecule has 4 aromatic rings. The summed E-state index contributed by atoms with van der Waals surface area (Å²) in [5, 5.41) is 13.4. The minimum atomic E-state index is -0.954. The molecule has 1 aliphatic rings. The van der Waals surface area contributed by atoms with Crippen LogP contribution in [-0.4, -0.2) is 38.5 Å². The van der Waals surface area contributed by atoms with Gasteiger partial charge >= 0.3 is 6.03 Å². The van der Waals surface area contributed by atoms with Crippen molar-refractivity contribution in [3.8, 4) is 17.1 Å². The van der Waals surface area contributed by atoms with E-state index in [1.807, 2.05) is 67.6 Å². The normalized spacial score (nSPS) is 18.8. The van der Waals surface area contributed by atoms with Gasteiger partial charge in [0.2, 0.25) is 0 Å². The number of carbonyl (C=O) groups is 2. The Balaban J connectivity index is 1.58. The Hall–Kier alpha value is -4.20. The lowest BCUT2D eigenvalue weighted by atomic mass is 10.00. The van der Waals surface area contributed by atoms with Gasteiger partial charge in [0.1, 0.15) is 16.8 Å². The predicted molar refractivity (Wildman–Crippen MR) is 120 cm³/mol. The first-order valence-electron chi connectivity index (χ1n) is 10.3. The highest BCUT2D eigenvalue weighted by molar-refractivity contribution is 6.07. The lowest BCUT2D eigenvalue weighted by Gasteiger charge is -2.17. The van der Waals surface area contributed by atoms with Gasteiger partial charge in [-0.2, -0.15) is 10.2 Å². The molecule has 1 fully saturated rings. The van der Waals surface area contributed by atoms with E-state index in [9.17, 15) is 9.59 Å². The minimum absolute atomic E-state index is 0.387. The molecule has 8 heteroatoms. The van der Waals surface area contributed by atoms with Gasteiger partial charge < -0.3 is 9.73 Å². The number of nitrogens with one attached hydrogen (secondary N) is 1. The van der Waals surface area contributed by atoms with Crippen LogP contribution in [0, 0.1) is 0 Å². The smallest absolute Gasteiger partial charge is 0.346 e. The number of fused-ring (bicyclic) bond motifs is 1. The first-order chi connectivity index (χ1) is 15.5. The summed E-state index contributed by atoms with van der Waals surface area (Å²) in [4.78, 5) is 25.0. The van der Waals surface area contributed by atoms with Crippen molar-refractivity contribution in [2.24, 2.45) is 5.10 Å². The molecule has 0 saturated carbocycles. The molecule has 1 aliphatic heterocycles. The Labute approximate surface area is 184 Å². The Bertz CT molecular complexity index is 1320. The summed E-state index contributed by atoms with van der Waals surface area (Å²) in [6.07, 6.45) is 3.73. The number of benzene rings is 2. The van der Waals surface area contributed by atoms with Crippen molar-refractivity contribution in [3.63, 3.8) is 0 Å². The summed E-state index contributed by atoms with van der Waals surface area (Å²) in [7, 11) is 0. The van der Waals surface area contributed by atoms with Crippen LogP contribution in [0.25, 0.3) is 28.1 Å². The summed E-state index contributed by atoms with van der Waals surface area (Å²) < 4.78 is 7.73. The van der Waals surface area contributed by atoms with Crippen LogP contribution in [0.5, 0.6) is 0 Å². The SMILES string of the molecule is CC[C@]1(C)NC(=O)N(/N=C\c2cn(-c3ccccc3)nc2-c2cc3ccccc3o2)C1=O. The second-order valence-electron chi connectivity index (χ2n) is 7.84. The number of amides is 3. The van der Waals surface area contributed by atoms with Crippen molar-refractivity contribution < 1.29 is 14.0 Å². The summed E-state index contributed by atoms with van der Waals surface area (Å²) >= 11 is 0. The van der Waals surface area contributed by atoms with Crippen LogP contribution in [0.2, 0.25) is 0 Å². The lowest BCUT2D eigenvalue weighted by molar-refractivity contribution is -0.130. The summed E-state index contributed by atoms with van der Waals surface area (Å²) in [6, 6.07) is 18.7. The minimum Gasteiger partial charge on any atom is -0.454 e. The molecule has 0 unspecified atom stereocenters. The average molecular weight is 427 g/mol. The Morgan fingerprint density at radius 3 is 2.59 bits per heavy atom. The van der Waals surface area contributed by atoms with E-state index in [-0.39, 0.29) is 5.91 Å². The highest BCUT2D eigenvalue weighted by atomic mass is 16.3. The monoisotopic (exact) mass is 427 g/mol. The van der Waals surface area contributed by atoms with E-state index < -0.39 is 11.6 Å². The van der Waals surface area contributed by atoms with E-state index in [0.29, 0.717) is 23.4 Å². The zero-order valence-corrected chi connectivity index (χ0v) is 17.6. The topological polar surface area (TPSA) is 92.7 Å². The van der Waals surface area contributed by atoms with E-state index in [4.69, 9.17) is 9.52 Å². The number of urea groups is 1. The van der Waals surface area contributed by atoms with E-state index in [1.54, 1.807) is 17.8 Å². The van der Waals surface area contributed by atoms with E-state index in [0.717, 1.165) is 21.7 Å². The van der Waals surface area contributed by atoms with E-state index in [1.165, 1.54) is 6.21 Å². The lowest BCUT2D eigenvalue weighted by Crippen LogP contribution is -2.42. The van der Waals surface area contributed by atoms with Crippen LogP contribution in [0.15, 0.2) is 76.4 Å². The second kappa shape index (κ2) is 7.49. The van der Waals surface area contributed by atoms with Gasteiger partial charge in [-0.05, 0) is 37.6 Å². The Kier molecular flexibility index (Phi) is 4.62. The third-order valence-electron chi connectivity index (χ3n) is 5.68. The Morgan fingerprint density at radius 2 is 1.88 bits per heavy atom. The van der Waals surface area contributed by atoms with Gasteiger partial charge in [0, 0.05) is 17.1 Å². The van der Waals surface area contributed by atoms with Gasteiger partial charge in [0.25, 0.3) is 5.91 Å². The number of aromatic nitrogens is 2. The maximum Gasteiger partial charge on any atom is 0.346 e. The van der Waals surface area contributed by atoms with Crippen LogP contribution >= 0.6 is 0 Å². The Morgan fingerprint density at radius 1 is 1.12 bits per heavy atom. The molecule has 5 rings (SSSR count). The number of hydrogen-bond donors (Lipinski definition) is 1. The fraction of sp³-hybridized carbons (Fsp3) is 0.167. The number of carbonyl (C=O) groups excluding carboxylic acids is 2. The average Bonchev–Trinajstić information content (AvgIpc) is 3.48. The molecule has 1 saturated heterocycles. The van der Waals surface area contributed by atoms with Crippen LogP contribution in [0.4, 0.5) is 4.79 Å². The molecule has 32 heavy (non-hydrogen) atoms. The molecule has 1 atom stereocenters. The molecule has 3 amide bonds. The van der Waals surface area contributed by atoms with Crippen LogP contribution < -0.4 is 5.32 Å². The molecule has 2 aromatic heterocycles. The van der Waals surface area contributed by atoms with Gasteiger partial charge in [-0.1, -0.05) is 43.3 Å². The molecular weight excluding hydrogens is 406 g/mol. The van der Waals surface area contributed by atoms with Crippen molar-refractivity contribution in [3.05, 3.63) is 72.4 Å². The molecule has 160 valence electrons. The number of hydrazone groups is 1. The summed E-state index contributed by atoms with van der Waals surface area (Å²) in [6.45, 7) is 3.53. The van der Waals surface area contributed by atoms with Crippen molar-refractivity contribution in [2.75, 3.05) is 0 Å². The molecule has 0 aliphatic carbocycles. The van der Waals surface area contributed by atoms with Crippen LogP contribution in [0.3, 0.4) is 0 Å². The maximum atomic E-state index is 12.7. The molecule has 0 bridgehead atoms. The maximum absolute atomic E-state index is 12.7. The molecule has 2 aromatic carbocycles. The molecular formula is C24H21N5O3. The zero-order valence-electron chi connectivity index (χ0n) is 17.6.